The van der Waals surface area contributed by atoms with Crippen molar-refractivity contribution in [2.24, 2.45) is 0 Å². The molecule has 0 aliphatic rings. The van der Waals surface area contributed by atoms with Gasteiger partial charge in [-0.05, 0) is 30.3 Å². The van der Waals surface area contributed by atoms with Crippen molar-refractivity contribution in [2.75, 3.05) is 11.9 Å². The molecule has 2 aromatic rings. The van der Waals surface area contributed by atoms with E-state index in [0.29, 0.717) is 5.69 Å². The molecule has 0 bridgehead atoms. The van der Waals surface area contributed by atoms with Gasteiger partial charge in [-0.15, -0.1) is 0 Å². The molecule has 0 atom stereocenters. The maximum Gasteiger partial charge on any atom is 0.338 e. The molecule has 19 heavy (non-hydrogen) atoms. The van der Waals surface area contributed by atoms with Gasteiger partial charge in [-0.25, -0.2) is 18.6 Å². The van der Waals surface area contributed by atoms with Crippen LogP contribution in [0.2, 0.25) is 0 Å². The van der Waals surface area contributed by atoms with E-state index in [0.717, 1.165) is 6.07 Å². The van der Waals surface area contributed by atoms with Gasteiger partial charge in [-0.2, -0.15) is 0 Å². The van der Waals surface area contributed by atoms with Gasteiger partial charge >= 0.3 is 5.97 Å². The van der Waals surface area contributed by atoms with Crippen molar-refractivity contribution in [3.63, 3.8) is 0 Å². The summed E-state index contributed by atoms with van der Waals surface area (Å²) in [5.74, 6) is -2.84. The Bertz CT molecular complexity index is 615. The lowest BCUT2D eigenvalue weighted by Gasteiger charge is -2.19. The number of halogens is 2. The summed E-state index contributed by atoms with van der Waals surface area (Å²) >= 11 is 0. The van der Waals surface area contributed by atoms with Crippen LogP contribution < -0.4 is 4.90 Å². The average Bonchev–Trinajstić information content (AvgIpc) is 2.38. The molecule has 6 heteroatoms. The van der Waals surface area contributed by atoms with Crippen molar-refractivity contribution in [1.82, 2.24) is 4.98 Å². The smallest absolute Gasteiger partial charge is 0.338 e. The van der Waals surface area contributed by atoms with Crippen molar-refractivity contribution in [3.05, 3.63) is 53.7 Å². The Hall–Kier alpha value is -2.50. The number of aromatic carboxylic acids is 1. The zero-order chi connectivity index (χ0) is 14.0. The molecule has 1 heterocycles. The van der Waals surface area contributed by atoms with Crippen LogP contribution >= 0.6 is 0 Å². The first kappa shape index (κ1) is 12.9. The molecule has 0 fully saturated rings. The number of nitrogens with zero attached hydrogens (tertiary/aromatic N) is 2. The fourth-order valence-corrected chi connectivity index (χ4v) is 1.62. The maximum absolute atomic E-state index is 14.0. The normalized spacial score (nSPS) is 10.3. The first-order valence-corrected chi connectivity index (χ1v) is 5.38. The predicted molar refractivity (Wildman–Crippen MR) is 65.6 cm³/mol. The monoisotopic (exact) mass is 264 g/mol. The number of hydrogen-bond acceptors (Lipinski definition) is 3. The zero-order valence-electron chi connectivity index (χ0n) is 9.97. The number of benzene rings is 1. The van der Waals surface area contributed by atoms with E-state index in [2.05, 4.69) is 4.98 Å². The Kier molecular flexibility index (Phi) is 3.41. The molecule has 0 aliphatic heterocycles. The van der Waals surface area contributed by atoms with E-state index >= 15 is 0 Å². The second-order valence-corrected chi connectivity index (χ2v) is 3.84. The minimum Gasteiger partial charge on any atom is -0.478 e. The van der Waals surface area contributed by atoms with E-state index in [1.807, 2.05) is 0 Å². The molecule has 2 rings (SSSR count). The van der Waals surface area contributed by atoms with Crippen LogP contribution in [-0.2, 0) is 0 Å². The lowest BCUT2D eigenvalue weighted by Crippen LogP contribution is -2.15. The van der Waals surface area contributed by atoms with E-state index in [1.54, 1.807) is 0 Å². The lowest BCUT2D eigenvalue weighted by molar-refractivity contribution is 0.0692. The van der Waals surface area contributed by atoms with Crippen molar-refractivity contribution in [1.29, 1.82) is 0 Å². The summed E-state index contributed by atoms with van der Waals surface area (Å²) in [5.41, 5.74) is 0.0364. The molecule has 0 radical (unpaired) electrons. The molecule has 98 valence electrons. The standard InChI is InChI=1S/C13H10F2N2O2/c1-17(9-4-2-8(14)3-5-9)12-11(15)10(13(18)19)6-7-16-12/h2-7H,1H3,(H,18,19). The minimum absolute atomic E-state index is 0.133. The van der Waals surface area contributed by atoms with E-state index in [9.17, 15) is 13.6 Å². The van der Waals surface area contributed by atoms with Gasteiger partial charge in [0.05, 0.1) is 0 Å². The summed E-state index contributed by atoms with van der Waals surface area (Å²) in [4.78, 5) is 16.0. The molecular formula is C13H10F2N2O2. The molecule has 0 unspecified atom stereocenters. The number of aromatic nitrogens is 1. The highest BCUT2D eigenvalue weighted by atomic mass is 19.1. The number of hydrogen-bond donors (Lipinski definition) is 1. The molecule has 0 aliphatic carbocycles. The molecule has 0 spiro atoms. The maximum atomic E-state index is 14.0. The van der Waals surface area contributed by atoms with Crippen LogP contribution in [0.25, 0.3) is 0 Å². The van der Waals surface area contributed by atoms with Gasteiger partial charge in [-0.3, -0.25) is 0 Å². The van der Waals surface area contributed by atoms with Crippen LogP contribution in [0.5, 0.6) is 0 Å². The second kappa shape index (κ2) is 5.01. The molecule has 0 saturated carbocycles. The van der Waals surface area contributed by atoms with E-state index in [1.165, 1.54) is 42.4 Å². The first-order valence-electron chi connectivity index (χ1n) is 5.38. The molecular weight excluding hydrogens is 254 g/mol. The van der Waals surface area contributed by atoms with Crippen molar-refractivity contribution >= 4 is 17.5 Å². The minimum atomic E-state index is -1.37. The number of rotatable bonds is 3. The van der Waals surface area contributed by atoms with Crippen LogP contribution in [0.15, 0.2) is 36.5 Å². The average molecular weight is 264 g/mol. The third-order valence-electron chi connectivity index (χ3n) is 2.63. The molecule has 4 nitrogen and oxygen atoms in total. The Labute approximate surface area is 107 Å². The summed E-state index contributed by atoms with van der Waals surface area (Å²) in [5, 5.41) is 8.84. The van der Waals surface area contributed by atoms with E-state index in [-0.39, 0.29) is 5.82 Å². The van der Waals surface area contributed by atoms with Gasteiger partial charge in [0.15, 0.2) is 11.6 Å². The highest BCUT2D eigenvalue weighted by Crippen LogP contribution is 2.25. The van der Waals surface area contributed by atoms with Crippen LogP contribution in [0.3, 0.4) is 0 Å². The lowest BCUT2D eigenvalue weighted by atomic mass is 10.2. The van der Waals surface area contributed by atoms with Gasteiger partial charge in [-0.1, -0.05) is 0 Å². The van der Waals surface area contributed by atoms with E-state index in [4.69, 9.17) is 5.11 Å². The Balaban J connectivity index is 2.44. The van der Waals surface area contributed by atoms with E-state index < -0.39 is 23.2 Å². The van der Waals surface area contributed by atoms with Gasteiger partial charge in [0, 0.05) is 18.9 Å². The third-order valence-corrected chi connectivity index (χ3v) is 2.63. The highest BCUT2D eigenvalue weighted by Gasteiger charge is 2.18. The molecule has 0 amide bonds. The molecule has 0 saturated heterocycles. The SMILES string of the molecule is CN(c1ccc(F)cc1)c1nccc(C(=O)O)c1F. The van der Waals surface area contributed by atoms with Gasteiger partial charge in [0.1, 0.15) is 11.4 Å². The number of carboxylic acids is 1. The quantitative estimate of drug-likeness (QED) is 0.926. The third kappa shape index (κ3) is 2.52. The summed E-state index contributed by atoms with van der Waals surface area (Å²) in [6.45, 7) is 0. The predicted octanol–water partition coefficient (Wildman–Crippen LogP) is 2.83. The molecule has 1 N–H and O–H groups in total. The Morgan fingerprint density at radius 2 is 1.84 bits per heavy atom. The van der Waals surface area contributed by atoms with Gasteiger partial charge in [0.2, 0.25) is 0 Å². The number of anilines is 2. The largest absolute Gasteiger partial charge is 0.478 e. The van der Waals surface area contributed by atoms with Gasteiger partial charge < -0.3 is 10.0 Å². The topological polar surface area (TPSA) is 53.4 Å². The van der Waals surface area contributed by atoms with Crippen LogP contribution in [-0.4, -0.2) is 23.1 Å². The number of carbonyl (C=O) groups is 1. The Morgan fingerprint density at radius 3 is 2.42 bits per heavy atom. The van der Waals surface area contributed by atoms with Crippen LogP contribution in [0.4, 0.5) is 20.3 Å². The first-order chi connectivity index (χ1) is 9.00. The van der Waals surface area contributed by atoms with Crippen LogP contribution in [0.1, 0.15) is 10.4 Å². The summed E-state index contributed by atoms with van der Waals surface area (Å²) in [6.07, 6.45) is 1.21. The van der Waals surface area contributed by atoms with Crippen molar-refractivity contribution in [2.45, 2.75) is 0 Å². The highest BCUT2D eigenvalue weighted by molar-refractivity contribution is 5.89. The van der Waals surface area contributed by atoms with Crippen molar-refractivity contribution < 1.29 is 18.7 Å². The second-order valence-electron chi connectivity index (χ2n) is 3.84. The zero-order valence-corrected chi connectivity index (χ0v) is 9.97. The number of carboxylic acid groups (broad SMARTS) is 1. The fourth-order valence-electron chi connectivity index (χ4n) is 1.62. The van der Waals surface area contributed by atoms with Gasteiger partial charge in [0.25, 0.3) is 0 Å². The summed E-state index contributed by atoms with van der Waals surface area (Å²) in [7, 11) is 1.52. The molecule has 1 aromatic carbocycles. The fraction of sp³-hybridized carbons (Fsp3) is 0.0769. The summed E-state index contributed by atoms with van der Waals surface area (Å²) < 4.78 is 26.8. The van der Waals surface area contributed by atoms with Crippen molar-refractivity contribution in [3.8, 4) is 0 Å². The summed E-state index contributed by atoms with van der Waals surface area (Å²) in [6, 6.07) is 6.43. The van der Waals surface area contributed by atoms with Crippen LogP contribution in [0, 0.1) is 11.6 Å². The molecule has 1 aromatic heterocycles. The Morgan fingerprint density at radius 1 is 1.21 bits per heavy atom. The number of pyridine rings is 1.